The number of aromatic nitrogens is 3. The van der Waals surface area contributed by atoms with Gasteiger partial charge in [-0.25, -0.2) is 9.97 Å². The number of aromatic amines is 1. The first-order valence-corrected chi connectivity index (χ1v) is 9.82. The van der Waals surface area contributed by atoms with Crippen LogP contribution in [0, 0.1) is 13.8 Å². The van der Waals surface area contributed by atoms with Crippen molar-refractivity contribution in [2.45, 2.75) is 39.1 Å². The number of ketones is 2. The zero-order valence-corrected chi connectivity index (χ0v) is 16.2. The van der Waals surface area contributed by atoms with Crippen LogP contribution in [0.1, 0.15) is 50.8 Å². The van der Waals surface area contributed by atoms with E-state index in [2.05, 4.69) is 27.9 Å². The Kier molecular flexibility index (Phi) is 5.06. The lowest BCUT2D eigenvalue weighted by Gasteiger charge is -2.02. The number of nitrogens with zero attached hydrogens (tertiary/aromatic N) is 2. The summed E-state index contributed by atoms with van der Waals surface area (Å²) in [6, 6.07) is 2.10. The molecule has 0 saturated heterocycles. The molecule has 1 N–H and O–H groups in total. The highest BCUT2D eigenvalue weighted by atomic mass is 32.2. The molecule has 5 nitrogen and oxygen atoms in total. The van der Waals surface area contributed by atoms with E-state index in [-0.39, 0.29) is 17.3 Å². The number of hydrogen-bond acceptors (Lipinski definition) is 6. The van der Waals surface area contributed by atoms with E-state index in [1.54, 1.807) is 17.7 Å². The third kappa shape index (κ3) is 3.39. The van der Waals surface area contributed by atoms with Crippen molar-refractivity contribution >= 4 is 44.9 Å². The van der Waals surface area contributed by atoms with E-state index in [0.29, 0.717) is 11.3 Å². The zero-order valence-electron chi connectivity index (χ0n) is 14.6. The highest BCUT2D eigenvalue weighted by molar-refractivity contribution is 8.00. The average Bonchev–Trinajstić information content (AvgIpc) is 3.13. The van der Waals surface area contributed by atoms with Crippen molar-refractivity contribution in [3.8, 4) is 0 Å². The number of thiophene rings is 1. The fourth-order valence-corrected chi connectivity index (χ4v) is 4.78. The zero-order chi connectivity index (χ0) is 18.1. The Bertz CT molecular complexity index is 972. The van der Waals surface area contributed by atoms with Gasteiger partial charge in [-0.3, -0.25) is 9.59 Å². The number of aryl methyl sites for hydroxylation is 2. The molecule has 3 rings (SSSR count). The molecular formula is C18H19N3O2S2. The summed E-state index contributed by atoms with van der Waals surface area (Å²) in [5.74, 6) is 0.207. The van der Waals surface area contributed by atoms with Crippen LogP contribution in [0.15, 0.2) is 17.4 Å². The molecule has 0 radical (unpaired) electrons. The van der Waals surface area contributed by atoms with Gasteiger partial charge in [0.25, 0.3) is 0 Å². The first-order chi connectivity index (χ1) is 11.9. The topological polar surface area (TPSA) is 75.7 Å². The number of fused-ring (bicyclic) bond motifs is 1. The third-order valence-corrected chi connectivity index (χ3v) is 6.29. The molecule has 0 saturated carbocycles. The lowest BCUT2D eigenvalue weighted by Crippen LogP contribution is -2.06. The summed E-state index contributed by atoms with van der Waals surface area (Å²) in [4.78, 5) is 38.3. The Labute approximate surface area is 154 Å². The minimum Gasteiger partial charge on any atom is -0.355 e. The van der Waals surface area contributed by atoms with Crippen molar-refractivity contribution in [1.82, 2.24) is 15.0 Å². The third-order valence-electron chi connectivity index (χ3n) is 4.10. The molecule has 0 amide bonds. The SMILES string of the molecule is CCc1cc2c(SCC(=O)c3[nH]c(C)c(C(C)=O)c3C)ncnc2s1. The van der Waals surface area contributed by atoms with Crippen molar-refractivity contribution < 1.29 is 9.59 Å². The largest absolute Gasteiger partial charge is 0.355 e. The maximum atomic E-state index is 12.6. The van der Waals surface area contributed by atoms with Crippen molar-refractivity contribution in [2.24, 2.45) is 0 Å². The summed E-state index contributed by atoms with van der Waals surface area (Å²) in [7, 11) is 0. The molecule has 0 spiro atoms. The predicted molar refractivity (Wildman–Crippen MR) is 102 cm³/mol. The van der Waals surface area contributed by atoms with Gasteiger partial charge in [0, 0.05) is 21.5 Å². The van der Waals surface area contributed by atoms with Gasteiger partial charge in [0.2, 0.25) is 0 Å². The van der Waals surface area contributed by atoms with E-state index in [1.807, 2.05) is 13.8 Å². The number of carbonyl (C=O) groups is 2. The monoisotopic (exact) mass is 373 g/mol. The fourth-order valence-electron chi connectivity index (χ4n) is 2.94. The Morgan fingerprint density at radius 3 is 2.68 bits per heavy atom. The number of nitrogens with one attached hydrogen (secondary N) is 1. The molecule has 3 heterocycles. The van der Waals surface area contributed by atoms with Crippen LogP contribution in [-0.2, 0) is 6.42 Å². The molecule has 0 atom stereocenters. The second kappa shape index (κ2) is 7.09. The molecule has 3 aromatic rings. The summed E-state index contributed by atoms with van der Waals surface area (Å²) in [5, 5.41) is 1.83. The van der Waals surface area contributed by atoms with Crippen molar-refractivity contribution in [3.05, 3.63) is 39.8 Å². The molecule has 0 fully saturated rings. The smallest absolute Gasteiger partial charge is 0.189 e. The second-order valence-electron chi connectivity index (χ2n) is 5.86. The van der Waals surface area contributed by atoms with Gasteiger partial charge >= 0.3 is 0 Å². The standard InChI is InChI=1S/C18H19N3O2S2/c1-5-12-6-13-17(19-8-20-18(13)25-12)24-7-14(23)16-9(2)15(11(4)22)10(3)21-16/h6,8,21H,5,7H2,1-4H3. The molecular weight excluding hydrogens is 354 g/mol. The van der Waals surface area contributed by atoms with Gasteiger partial charge in [-0.15, -0.1) is 11.3 Å². The van der Waals surface area contributed by atoms with Gasteiger partial charge in [-0.2, -0.15) is 0 Å². The van der Waals surface area contributed by atoms with Crippen LogP contribution in [0.25, 0.3) is 10.2 Å². The molecule has 0 aromatic carbocycles. The van der Waals surface area contributed by atoms with Gasteiger partial charge in [0.05, 0.1) is 11.4 Å². The van der Waals surface area contributed by atoms with E-state index in [4.69, 9.17) is 0 Å². The minimum absolute atomic E-state index is 0.0270. The second-order valence-corrected chi connectivity index (χ2v) is 7.94. The highest BCUT2D eigenvalue weighted by Gasteiger charge is 2.20. The Morgan fingerprint density at radius 2 is 2.04 bits per heavy atom. The maximum Gasteiger partial charge on any atom is 0.189 e. The van der Waals surface area contributed by atoms with Gasteiger partial charge in [-0.05, 0) is 38.8 Å². The minimum atomic E-state index is -0.0317. The number of H-pyrrole nitrogens is 1. The average molecular weight is 374 g/mol. The molecule has 0 bridgehead atoms. The van der Waals surface area contributed by atoms with Crippen molar-refractivity contribution in [1.29, 1.82) is 0 Å². The number of Topliss-reactive ketones (excluding diaryl/α,β-unsaturated/α-hetero) is 2. The summed E-state index contributed by atoms with van der Waals surface area (Å²) in [6.07, 6.45) is 2.50. The molecule has 0 unspecified atom stereocenters. The van der Waals surface area contributed by atoms with Gasteiger partial charge in [-0.1, -0.05) is 18.7 Å². The molecule has 25 heavy (non-hydrogen) atoms. The van der Waals surface area contributed by atoms with Crippen molar-refractivity contribution in [2.75, 3.05) is 5.75 Å². The molecule has 0 aliphatic carbocycles. The van der Waals surface area contributed by atoms with Crippen LogP contribution in [0.4, 0.5) is 0 Å². The Hall–Kier alpha value is -1.99. The number of thioether (sulfide) groups is 1. The van der Waals surface area contributed by atoms with Crippen LogP contribution in [0.2, 0.25) is 0 Å². The van der Waals surface area contributed by atoms with Gasteiger partial charge in [0.15, 0.2) is 11.6 Å². The van der Waals surface area contributed by atoms with Crippen LogP contribution in [0.5, 0.6) is 0 Å². The van der Waals surface area contributed by atoms with Gasteiger partial charge < -0.3 is 4.98 Å². The molecule has 7 heteroatoms. The summed E-state index contributed by atoms with van der Waals surface area (Å²) in [6.45, 7) is 7.26. The molecule has 0 aliphatic heterocycles. The lowest BCUT2D eigenvalue weighted by atomic mass is 10.1. The Balaban J connectivity index is 1.83. The molecule has 0 aliphatic rings. The Morgan fingerprint density at radius 1 is 1.28 bits per heavy atom. The first kappa shape index (κ1) is 17.8. The van der Waals surface area contributed by atoms with Crippen LogP contribution in [-0.4, -0.2) is 32.3 Å². The normalized spacial score (nSPS) is 11.2. The van der Waals surface area contributed by atoms with E-state index in [1.165, 1.54) is 23.6 Å². The summed E-state index contributed by atoms with van der Waals surface area (Å²) < 4.78 is 0. The molecule has 3 aromatic heterocycles. The number of hydrogen-bond donors (Lipinski definition) is 1. The fraction of sp³-hybridized carbons (Fsp3) is 0.333. The summed E-state index contributed by atoms with van der Waals surface area (Å²) >= 11 is 3.07. The van der Waals surface area contributed by atoms with Crippen molar-refractivity contribution in [3.63, 3.8) is 0 Å². The van der Waals surface area contributed by atoms with Crippen LogP contribution >= 0.6 is 23.1 Å². The lowest BCUT2D eigenvalue weighted by molar-refractivity contribution is 0.101. The van der Waals surface area contributed by atoms with Crippen LogP contribution in [0.3, 0.4) is 0 Å². The first-order valence-electron chi connectivity index (χ1n) is 8.01. The van der Waals surface area contributed by atoms with E-state index < -0.39 is 0 Å². The van der Waals surface area contributed by atoms with E-state index in [9.17, 15) is 9.59 Å². The van der Waals surface area contributed by atoms with E-state index in [0.717, 1.165) is 32.9 Å². The maximum absolute atomic E-state index is 12.6. The predicted octanol–water partition coefficient (Wildman–Crippen LogP) is 4.38. The quantitative estimate of drug-likeness (QED) is 0.394. The summed E-state index contributed by atoms with van der Waals surface area (Å²) in [5.41, 5.74) is 2.60. The number of carbonyl (C=O) groups excluding carboxylic acids is 2. The highest BCUT2D eigenvalue weighted by Crippen LogP contribution is 2.31. The number of rotatable bonds is 6. The van der Waals surface area contributed by atoms with Gasteiger partial charge in [0.1, 0.15) is 16.2 Å². The van der Waals surface area contributed by atoms with Crippen LogP contribution < -0.4 is 0 Å². The molecule has 130 valence electrons. The van der Waals surface area contributed by atoms with E-state index >= 15 is 0 Å².